The first-order valence-corrected chi connectivity index (χ1v) is 6.16. The van der Waals surface area contributed by atoms with E-state index in [1.165, 1.54) is 0 Å². The van der Waals surface area contributed by atoms with Gasteiger partial charge in [0, 0.05) is 38.3 Å². The molecule has 0 bridgehead atoms. The largest absolute Gasteiger partial charge is 0.481 e. The van der Waals surface area contributed by atoms with Crippen LogP contribution in [0.2, 0.25) is 0 Å². The molecule has 0 radical (unpaired) electrons. The summed E-state index contributed by atoms with van der Waals surface area (Å²) in [5.41, 5.74) is 0.0141. The Kier molecular flexibility index (Phi) is 4.91. The average molecular weight is 243 g/mol. The zero-order valence-corrected chi connectivity index (χ0v) is 11.4. The normalized spacial score (nSPS) is 25.8. The van der Waals surface area contributed by atoms with Crippen LogP contribution in [0.5, 0.6) is 0 Å². The molecule has 1 atom stereocenters. The van der Waals surface area contributed by atoms with Crippen molar-refractivity contribution in [1.29, 1.82) is 0 Å². The van der Waals surface area contributed by atoms with Gasteiger partial charge in [-0.25, -0.2) is 0 Å². The molecule has 1 aliphatic heterocycles. The third-order valence-corrected chi connectivity index (χ3v) is 3.41. The van der Waals surface area contributed by atoms with Gasteiger partial charge in [-0.3, -0.25) is 9.69 Å². The number of carboxylic acids is 1. The van der Waals surface area contributed by atoms with Gasteiger partial charge in [-0.1, -0.05) is 0 Å². The number of carbonyl (C=O) groups is 1. The quantitative estimate of drug-likeness (QED) is 0.724. The summed E-state index contributed by atoms with van der Waals surface area (Å²) in [6.07, 6.45) is 0. The Morgan fingerprint density at radius 1 is 1.53 bits per heavy atom. The fraction of sp³-hybridized carbons (Fsp3) is 0.917. The van der Waals surface area contributed by atoms with E-state index in [9.17, 15) is 4.79 Å². The van der Waals surface area contributed by atoms with Crippen molar-refractivity contribution in [2.45, 2.75) is 19.4 Å². The van der Waals surface area contributed by atoms with Crippen molar-refractivity contribution >= 4 is 5.97 Å². The Morgan fingerprint density at radius 3 is 2.71 bits per heavy atom. The zero-order chi connectivity index (χ0) is 13.1. The van der Waals surface area contributed by atoms with Crippen molar-refractivity contribution in [3.63, 3.8) is 0 Å². The van der Waals surface area contributed by atoms with Gasteiger partial charge in [0.25, 0.3) is 0 Å². The summed E-state index contributed by atoms with van der Waals surface area (Å²) < 4.78 is 0. The van der Waals surface area contributed by atoms with Crippen LogP contribution in [0.25, 0.3) is 0 Å². The van der Waals surface area contributed by atoms with E-state index in [0.717, 1.165) is 19.6 Å². The fourth-order valence-corrected chi connectivity index (χ4v) is 2.12. The molecule has 5 heteroatoms. The minimum Gasteiger partial charge on any atom is -0.481 e. The van der Waals surface area contributed by atoms with E-state index in [2.05, 4.69) is 29.0 Å². The lowest BCUT2D eigenvalue weighted by molar-refractivity contribution is -0.142. The van der Waals surface area contributed by atoms with Crippen LogP contribution in [0.1, 0.15) is 13.8 Å². The summed E-state index contributed by atoms with van der Waals surface area (Å²) in [5, 5.41) is 12.4. The molecule has 100 valence electrons. The van der Waals surface area contributed by atoms with Gasteiger partial charge in [0.2, 0.25) is 0 Å². The Hall–Kier alpha value is -0.650. The molecule has 1 fully saturated rings. The van der Waals surface area contributed by atoms with Crippen molar-refractivity contribution in [2.75, 3.05) is 46.8 Å². The number of rotatable bonds is 4. The minimum absolute atomic E-state index is 0.0141. The summed E-state index contributed by atoms with van der Waals surface area (Å²) in [6.45, 7) is 8.23. The number of hydrogen-bond acceptors (Lipinski definition) is 4. The van der Waals surface area contributed by atoms with E-state index >= 15 is 0 Å². The average Bonchev–Trinajstić information content (AvgIpc) is 2.33. The van der Waals surface area contributed by atoms with Crippen molar-refractivity contribution < 1.29 is 9.90 Å². The summed E-state index contributed by atoms with van der Waals surface area (Å²) in [6, 6.07) is 0. The third-order valence-electron chi connectivity index (χ3n) is 3.41. The molecule has 0 saturated carbocycles. The Labute approximate surface area is 104 Å². The molecule has 0 spiro atoms. The van der Waals surface area contributed by atoms with Crippen LogP contribution in [0.15, 0.2) is 0 Å². The standard InChI is InChI=1S/C12H25N3O2/c1-12(2)9-13-7-10(11(16)17)8-15(12)6-5-14(3)4/h10,13H,5-9H2,1-4H3,(H,16,17). The van der Waals surface area contributed by atoms with E-state index in [-0.39, 0.29) is 11.5 Å². The highest BCUT2D eigenvalue weighted by atomic mass is 16.4. The molecule has 0 aromatic heterocycles. The van der Waals surface area contributed by atoms with Gasteiger partial charge < -0.3 is 15.3 Å². The van der Waals surface area contributed by atoms with Crippen LogP contribution in [-0.2, 0) is 4.79 Å². The number of hydrogen-bond donors (Lipinski definition) is 2. The molecule has 0 aromatic carbocycles. The van der Waals surface area contributed by atoms with E-state index in [1.807, 2.05) is 14.1 Å². The van der Waals surface area contributed by atoms with Crippen LogP contribution in [0.4, 0.5) is 0 Å². The molecule has 1 unspecified atom stereocenters. The fourth-order valence-electron chi connectivity index (χ4n) is 2.12. The SMILES string of the molecule is CN(C)CCN1CC(C(=O)O)CNCC1(C)C. The lowest BCUT2D eigenvalue weighted by Crippen LogP contribution is -2.51. The molecule has 17 heavy (non-hydrogen) atoms. The topological polar surface area (TPSA) is 55.8 Å². The molecular formula is C12H25N3O2. The summed E-state index contributed by atoms with van der Waals surface area (Å²) in [4.78, 5) is 15.5. The molecule has 2 N–H and O–H groups in total. The van der Waals surface area contributed by atoms with Crippen LogP contribution >= 0.6 is 0 Å². The second kappa shape index (κ2) is 5.80. The maximum Gasteiger partial charge on any atom is 0.309 e. The maximum atomic E-state index is 11.1. The molecule has 0 amide bonds. The molecule has 1 rings (SSSR count). The van der Waals surface area contributed by atoms with Crippen molar-refractivity contribution in [2.24, 2.45) is 5.92 Å². The molecule has 0 aromatic rings. The van der Waals surface area contributed by atoms with Gasteiger partial charge in [0.15, 0.2) is 0 Å². The second-order valence-electron chi connectivity index (χ2n) is 5.73. The Morgan fingerprint density at radius 2 is 2.18 bits per heavy atom. The van der Waals surface area contributed by atoms with Gasteiger partial charge in [0.05, 0.1) is 5.92 Å². The highest BCUT2D eigenvalue weighted by molar-refractivity contribution is 5.70. The monoisotopic (exact) mass is 243 g/mol. The highest BCUT2D eigenvalue weighted by Crippen LogP contribution is 2.18. The van der Waals surface area contributed by atoms with E-state index in [1.54, 1.807) is 0 Å². The highest BCUT2D eigenvalue weighted by Gasteiger charge is 2.33. The van der Waals surface area contributed by atoms with Gasteiger partial charge >= 0.3 is 5.97 Å². The Balaban J connectivity index is 2.68. The molecule has 1 aliphatic rings. The lowest BCUT2D eigenvalue weighted by Gasteiger charge is -2.38. The van der Waals surface area contributed by atoms with Crippen LogP contribution in [0.3, 0.4) is 0 Å². The predicted molar refractivity (Wildman–Crippen MR) is 68.2 cm³/mol. The van der Waals surface area contributed by atoms with Gasteiger partial charge in [0.1, 0.15) is 0 Å². The first-order valence-electron chi connectivity index (χ1n) is 6.16. The van der Waals surface area contributed by atoms with E-state index in [4.69, 9.17) is 5.11 Å². The van der Waals surface area contributed by atoms with Gasteiger partial charge in [-0.15, -0.1) is 0 Å². The molecule has 1 saturated heterocycles. The molecular weight excluding hydrogens is 218 g/mol. The summed E-state index contributed by atoms with van der Waals surface area (Å²) in [5.74, 6) is -1.01. The molecule has 0 aliphatic carbocycles. The molecule has 5 nitrogen and oxygen atoms in total. The van der Waals surface area contributed by atoms with Gasteiger partial charge in [-0.2, -0.15) is 0 Å². The van der Waals surface area contributed by atoms with Crippen LogP contribution < -0.4 is 5.32 Å². The Bertz CT molecular complexity index is 266. The second-order valence-corrected chi connectivity index (χ2v) is 5.73. The first kappa shape index (κ1) is 14.4. The number of aliphatic carboxylic acids is 1. The smallest absolute Gasteiger partial charge is 0.309 e. The maximum absolute atomic E-state index is 11.1. The predicted octanol–water partition coefficient (Wildman–Crippen LogP) is -0.0674. The summed E-state index contributed by atoms with van der Waals surface area (Å²) >= 11 is 0. The van der Waals surface area contributed by atoms with Crippen molar-refractivity contribution in [1.82, 2.24) is 15.1 Å². The first-order chi connectivity index (χ1) is 7.83. The molecule has 1 heterocycles. The number of likely N-dealkylation sites (N-methyl/N-ethyl adjacent to an activating group) is 1. The third kappa shape index (κ3) is 4.26. The lowest BCUT2D eigenvalue weighted by atomic mass is 10.0. The summed E-state index contributed by atoms with van der Waals surface area (Å²) in [7, 11) is 4.08. The number of nitrogens with zero attached hydrogens (tertiary/aromatic N) is 2. The van der Waals surface area contributed by atoms with E-state index < -0.39 is 5.97 Å². The van der Waals surface area contributed by atoms with Gasteiger partial charge in [-0.05, 0) is 27.9 Å². The minimum atomic E-state index is -0.704. The number of nitrogens with one attached hydrogen (secondary N) is 1. The number of carboxylic acid groups (broad SMARTS) is 1. The van der Waals surface area contributed by atoms with Crippen LogP contribution in [-0.4, -0.2) is 73.2 Å². The van der Waals surface area contributed by atoms with Crippen molar-refractivity contribution in [3.8, 4) is 0 Å². The zero-order valence-electron chi connectivity index (χ0n) is 11.4. The van der Waals surface area contributed by atoms with E-state index in [0.29, 0.717) is 13.1 Å². The van der Waals surface area contributed by atoms with Crippen molar-refractivity contribution in [3.05, 3.63) is 0 Å². The van der Waals surface area contributed by atoms with Crippen LogP contribution in [0, 0.1) is 5.92 Å².